The summed E-state index contributed by atoms with van der Waals surface area (Å²) in [5, 5.41) is 0. The minimum absolute atomic E-state index is 0.364. The van der Waals surface area contributed by atoms with Crippen molar-refractivity contribution >= 4 is 0 Å². The standard InChI is InChI=1S/C15H33N3/c1-6-18(9-7-8-17(4)5)15-13(3)10-12(2)11-14(15)16/h12-15H,6-11,16H2,1-5H3. The molecule has 4 atom stereocenters. The van der Waals surface area contributed by atoms with E-state index in [0.29, 0.717) is 12.1 Å². The maximum atomic E-state index is 6.42. The Morgan fingerprint density at radius 2 is 1.78 bits per heavy atom. The molecule has 0 spiro atoms. The minimum atomic E-state index is 0.364. The molecular formula is C15H33N3. The van der Waals surface area contributed by atoms with E-state index in [0.717, 1.165) is 18.4 Å². The molecule has 0 bridgehead atoms. The van der Waals surface area contributed by atoms with Gasteiger partial charge in [-0.15, -0.1) is 0 Å². The lowest BCUT2D eigenvalue weighted by Gasteiger charge is -2.44. The molecule has 108 valence electrons. The summed E-state index contributed by atoms with van der Waals surface area (Å²) in [7, 11) is 4.29. The zero-order valence-corrected chi connectivity index (χ0v) is 13.0. The van der Waals surface area contributed by atoms with Gasteiger partial charge < -0.3 is 10.6 Å². The van der Waals surface area contributed by atoms with Crippen LogP contribution in [0, 0.1) is 11.8 Å². The molecule has 0 aromatic heterocycles. The number of hydrogen-bond donors (Lipinski definition) is 1. The van der Waals surface area contributed by atoms with Crippen LogP contribution in [0.2, 0.25) is 0 Å². The van der Waals surface area contributed by atoms with Gasteiger partial charge >= 0.3 is 0 Å². The summed E-state index contributed by atoms with van der Waals surface area (Å²) in [6, 6.07) is 0.955. The molecule has 0 aromatic carbocycles. The fraction of sp³-hybridized carbons (Fsp3) is 1.00. The molecule has 3 nitrogen and oxygen atoms in total. The number of nitrogens with zero attached hydrogens (tertiary/aromatic N) is 2. The summed E-state index contributed by atoms with van der Waals surface area (Å²) >= 11 is 0. The van der Waals surface area contributed by atoms with Gasteiger partial charge in [0, 0.05) is 12.1 Å². The number of rotatable bonds is 6. The van der Waals surface area contributed by atoms with E-state index in [2.05, 4.69) is 44.7 Å². The van der Waals surface area contributed by atoms with Crippen molar-refractivity contribution in [2.24, 2.45) is 17.6 Å². The van der Waals surface area contributed by atoms with Crippen molar-refractivity contribution in [3.05, 3.63) is 0 Å². The fourth-order valence-electron chi connectivity index (χ4n) is 3.64. The molecular weight excluding hydrogens is 222 g/mol. The van der Waals surface area contributed by atoms with E-state index in [-0.39, 0.29) is 0 Å². The molecule has 1 aliphatic carbocycles. The molecule has 0 radical (unpaired) electrons. The van der Waals surface area contributed by atoms with Crippen molar-refractivity contribution < 1.29 is 0 Å². The van der Waals surface area contributed by atoms with Crippen molar-refractivity contribution in [3.63, 3.8) is 0 Å². The van der Waals surface area contributed by atoms with E-state index < -0.39 is 0 Å². The molecule has 0 aromatic rings. The number of hydrogen-bond acceptors (Lipinski definition) is 3. The monoisotopic (exact) mass is 255 g/mol. The van der Waals surface area contributed by atoms with Gasteiger partial charge in [0.2, 0.25) is 0 Å². The highest BCUT2D eigenvalue weighted by atomic mass is 15.2. The Balaban J connectivity index is 2.51. The van der Waals surface area contributed by atoms with E-state index in [9.17, 15) is 0 Å². The van der Waals surface area contributed by atoms with Gasteiger partial charge in [0.15, 0.2) is 0 Å². The van der Waals surface area contributed by atoms with Crippen LogP contribution in [0.25, 0.3) is 0 Å². The fourth-order valence-corrected chi connectivity index (χ4v) is 3.64. The molecule has 0 heterocycles. The largest absolute Gasteiger partial charge is 0.326 e. The Hall–Kier alpha value is -0.120. The SMILES string of the molecule is CCN(CCCN(C)C)C1C(C)CC(C)CC1N. The average Bonchev–Trinajstić information content (AvgIpc) is 2.25. The Labute approximate surface area is 114 Å². The highest BCUT2D eigenvalue weighted by molar-refractivity contribution is 4.92. The molecule has 3 heteroatoms. The normalized spacial score (nSPS) is 33.3. The zero-order chi connectivity index (χ0) is 13.7. The Kier molecular flexibility index (Phi) is 6.61. The third kappa shape index (κ3) is 4.52. The third-order valence-corrected chi connectivity index (χ3v) is 4.35. The first kappa shape index (κ1) is 15.9. The van der Waals surface area contributed by atoms with Gasteiger partial charge in [0.1, 0.15) is 0 Å². The summed E-state index contributed by atoms with van der Waals surface area (Å²) in [6.07, 6.45) is 3.77. The van der Waals surface area contributed by atoms with E-state index in [4.69, 9.17) is 5.73 Å². The average molecular weight is 255 g/mol. The van der Waals surface area contributed by atoms with E-state index >= 15 is 0 Å². The maximum absolute atomic E-state index is 6.42. The predicted octanol–water partition coefficient (Wildman–Crippen LogP) is 2.02. The quantitative estimate of drug-likeness (QED) is 0.788. The molecule has 1 saturated carbocycles. The summed E-state index contributed by atoms with van der Waals surface area (Å²) in [5.74, 6) is 1.54. The van der Waals surface area contributed by atoms with Gasteiger partial charge in [0.05, 0.1) is 0 Å². The van der Waals surface area contributed by atoms with E-state index in [1.54, 1.807) is 0 Å². The Bertz CT molecular complexity index is 218. The van der Waals surface area contributed by atoms with Gasteiger partial charge in [-0.1, -0.05) is 20.8 Å². The van der Waals surface area contributed by atoms with E-state index in [1.807, 2.05) is 0 Å². The van der Waals surface area contributed by atoms with Crippen LogP contribution in [-0.2, 0) is 0 Å². The predicted molar refractivity (Wildman–Crippen MR) is 79.7 cm³/mol. The first-order chi connectivity index (χ1) is 8.45. The number of likely N-dealkylation sites (N-methyl/N-ethyl adjacent to an activating group) is 1. The maximum Gasteiger partial charge on any atom is 0.0272 e. The van der Waals surface area contributed by atoms with Crippen LogP contribution < -0.4 is 5.73 Å². The van der Waals surface area contributed by atoms with Gasteiger partial charge in [-0.25, -0.2) is 0 Å². The van der Waals surface area contributed by atoms with Crippen LogP contribution in [0.3, 0.4) is 0 Å². The van der Waals surface area contributed by atoms with Crippen molar-refractivity contribution in [2.45, 2.75) is 52.1 Å². The van der Waals surface area contributed by atoms with E-state index in [1.165, 1.54) is 32.4 Å². The van der Waals surface area contributed by atoms with Crippen LogP contribution >= 0.6 is 0 Å². The van der Waals surface area contributed by atoms with Crippen LogP contribution in [0.1, 0.15) is 40.0 Å². The van der Waals surface area contributed by atoms with Crippen molar-refractivity contribution in [3.8, 4) is 0 Å². The molecule has 1 rings (SSSR count). The second-order valence-electron chi connectivity index (χ2n) is 6.49. The summed E-state index contributed by atoms with van der Waals surface area (Å²) < 4.78 is 0. The molecule has 0 aliphatic heterocycles. The zero-order valence-electron chi connectivity index (χ0n) is 13.0. The first-order valence-corrected chi connectivity index (χ1v) is 7.60. The molecule has 2 N–H and O–H groups in total. The number of nitrogens with two attached hydrogens (primary N) is 1. The summed E-state index contributed by atoms with van der Waals surface area (Å²) in [5.41, 5.74) is 6.42. The second-order valence-corrected chi connectivity index (χ2v) is 6.49. The topological polar surface area (TPSA) is 32.5 Å². The molecule has 1 fully saturated rings. The van der Waals surface area contributed by atoms with Crippen molar-refractivity contribution in [1.82, 2.24) is 9.80 Å². The molecule has 0 amide bonds. The third-order valence-electron chi connectivity index (χ3n) is 4.35. The molecule has 1 aliphatic rings. The summed E-state index contributed by atoms with van der Waals surface area (Å²) in [6.45, 7) is 10.5. The molecule has 18 heavy (non-hydrogen) atoms. The van der Waals surface area contributed by atoms with Gasteiger partial charge in [-0.3, -0.25) is 4.90 Å². The molecule has 4 unspecified atom stereocenters. The lowest BCUT2D eigenvalue weighted by Crippen LogP contribution is -2.55. The van der Waals surface area contributed by atoms with Crippen LogP contribution in [-0.4, -0.2) is 55.6 Å². The highest BCUT2D eigenvalue weighted by Crippen LogP contribution is 2.31. The highest BCUT2D eigenvalue weighted by Gasteiger charge is 2.34. The summed E-state index contributed by atoms with van der Waals surface area (Å²) in [4.78, 5) is 4.88. The lowest BCUT2D eigenvalue weighted by molar-refractivity contribution is 0.0768. The Morgan fingerprint density at radius 1 is 1.11 bits per heavy atom. The van der Waals surface area contributed by atoms with Crippen LogP contribution in [0.5, 0.6) is 0 Å². The van der Waals surface area contributed by atoms with Crippen LogP contribution in [0.4, 0.5) is 0 Å². The molecule has 0 saturated heterocycles. The Morgan fingerprint density at radius 3 is 2.28 bits per heavy atom. The second kappa shape index (κ2) is 7.46. The lowest BCUT2D eigenvalue weighted by atomic mass is 9.76. The minimum Gasteiger partial charge on any atom is -0.326 e. The van der Waals surface area contributed by atoms with Crippen molar-refractivity contribution in [2.75, 3.05) is 33.7 Å². The van der Waals surface area contributed by atoms with Gasteiger partial charge in [-0.05, 0) is 64.8 Å². The first-order valence-electron chi connectivity index (χ1n) is 7.60. The smallest absolute Gasteiger partial charge is 0.0272 e. The van der Waals surface area contributed by atoms with Gasteiger partial charge in [-0.2, -0.15) is 0 Å². The van der Waals surface area contributed by atoms with Crippen LogP contribution in [0.15, 0.2) is 0 Å². The van der Waals surface area contributed by atoms with Crippen molar-refractivity contribution in [1.29, 1.82) is 0 Å². The van der Waals surface area contributed by atoms with Gasteiger partial charge in [0.25, 0.3) is 0 Å².